The Bertz CT molecular complexity index is 361. The second-order valence-corrected chi connectivity index (χ2v) is 5.87. The number of thioether (sulfide) groups is 1. The highest BCUT2D eigenvalue weighted by Gasteiger charge is 2.42. The topological polar surface area (TPSA) is 24.9 Å². The Balaban J connectivity index is 2.00. The molecule has 1 fully saturated rings. The molecule has 1 aromatic heterocycles. The lowest BCUT2D eigenvalue weighted by Gasteiger charge is -2.21. The molecule has 1 aliphatic carbocycles. The lowest BCUT2D eigenvalue weighted by Crippen LogP contribution is -2.25. The van der Waals surface area contributed by atoms with E-state index in [0.717, 1.165) is 11.6 Å². The molecule has 2 nitrogen and oxygen atoms in total. The summed E-state index contributed by atoms with van der Waals surface area (Å²) in [5.74, 6) is 2.08. The maximum Gasteiger partial charge on any atom is 0.126 e. The summed E-state index contributed by atoms with van der Waals surface area (Å²) in [5, 5.41) is 3.52. The molecular weight excluding hydrogens is 216 g/mol. The fraction of sp³-hybridized carbons (Fsp3) is 0.615. The number of rotatable bonds is 5. The van der Waals surface area contributed by atoms with Crippen LogP contribution in [0.15, 0.2) is 18.3 Å². The van der Waals surface area contributed by atoms with Crippen LogP contribution in [0.25, 0.3) is 0 Å². The van der Waals surface area contributed by atoms with Crippen LogP contribution in [0.3, 0.4) is 0 Å². The normalized spacial score (nSPS) is 19.2. The molecule has 1 heterocycles. The quantitative estimate of drug-likeness (QED) is 0.846. The lowest BCUT2D eigenvalue weighted by atomic mass is 10.0. The van der Waals surface area contributed by atoms with Crippen LogP contribution in [0.2, 0.25) is 0 Å². The summed E-state index contributed by atoms with van der Waals surface area (Å²) in [5.41, 5.74) is 1.84. The molecule has 1 unspecified atom stereocenters. The molecule has 1 N–H and O–H groups in total. The van der Waals surface area contributed by atoms with Gasteiger partial charge in [-0.05, 0) is 49.1 Å². The number of hydrogen-bond donors (Lipinski definition) is 1. The summed E-state index contributed by atoms with van der Waals surface area (Å²) in [6.07, 6.45) is 6.70. The average Bonchev–Trinajstić information content (AvgIpc) is 2.99. The van der Waals surface area contributed by atoms with Crippen molar-refractivity contribution in [3.63, 3.8) is 0 Å². The Morgan fingerprint density at radius 1 is 1.56 bits per heavy atom. The third-order valence-corrected chi connectivity index (χ3v) is 4.21. The van der Waals surface area contributed by atoms with Crippen molar-refractivity contribution >= 4 is 17.6 Å². The molecule has 0 saturated heterocycles. The van der Waals surface area contributed by atoms with E-state index in [2.05, 4.69) is 42.5 Å². The third-order valence-electron chi connectivity index (χ3n) is 3.58. The van der Waals surface area contributed by atoms with Crippen molar-refractivity contribution in [1.29, 1.82) is 0 Å². The molecule has 0 aromatic carbocycles. The van der Waals surface area contributed by atoms with Crippen molar-refractivity contribution in [2.75, 3.05) is 11.6 Å². The second kappa shape index (κ2) is 4.66. The molecule has 0 bridgehead atoms. The highest BCUT2D eigenvalue weighted by molar-refractivity contribution is 7.97. The van der Waals surface area contributed by atoms with E-state index in [1.807, 2.05) is 18.0 Å². The Labute approximate surface area is 102 Å². The maximum absolute atomic E-state index is 4.38. The monoisotopic (exact) mass is 236 g/mol. The standard InChI is InChI=1S/C13H20N2S/c1-10(13(2)5-6-13)15-12-8-11(9-16-3)4-7-14-12/h4,7-8,10H,5-6,9H2,1-3H3,(H,14,15). The smallest absolute Gasteiger partial charge is 0.126 e. The fourth-order valence-corrected chi connectivity index (χ4v) is 2.35. The molecule has 16 heavy (non-hydrogen) atoms. The number of nitrogens with one attached hydrogen (secondary N) is 1. The van der Waals surface area contributed by atoms with Gasteiger partial charge in [-0.3, -0.25) is 0 Å². The lowest BCUT2D eigenvalue weighted by molar-refractivity contribution is 0.492. The molecule has 88 valence electrons. The fourth-order valence-electron chi connectivity index (χ4n) is 1.84. The van der Waals surface area contributed by atoms with Gasteiger partial charge in [0, 0.05) is 18.0 Å². The van der Waals surface area contributed by atoms with Crippen LogP contribution in [0.4, 0.5) is 5.82 Å². The zero-order valence-corrected chi connectivity index (χ0v) is 11.1. The molecule has 2 rings (SSSR count). The van der Waals surface area contributed by atoms with Crippen LogP contribution < -0.4 is 5.32 Å². The highest BCUT2D eigenvalue weighted by Crippen LogP contribution is 2.48. The molecule has 1 aliphatic rings. The predicted octanol–water partition coefficient (Wildman–Crippen LogP) is 3.55. The zero-order chi connectivity index (χ0) is 11.6. The number of anilines is 1. The van der Waals surface area contributed by atoms with Gasteiger partial charge < -0.3 is 5.32 Å². The van der Waals surface area contributed by atoms with Crippen molar-refractivity contribution in [3.05, 3.63) is 23.9 Å². The van der Waals surface area contributed by atoms with Crippen LogP contribution in [-0.4, -0.2) is 17.3 Å². The Hall–Kier alpha value is -0.700. The first-order valence-corrected chi connectivity index (χ1v) is 7.24. The van der Waals surface area contributed by atoms with Gasteiger partial charge in [0.15, 0.2) is 0 Å². The molecule has 1 saturated carbocycles. The number of hydrogen-bond acceptors (Lipinski definition) is 3. The molecule has 0 amide bonds. The van der Waals surface area contributed by atoms with Gasteiger partial charge in [0.05, 0.1) is 0 Å². The largest absolute Gasteiger partial charge is 0.367 e. The summed E-state index contributed by atoms with van der Waals surface area (Å²) in [6, 6.07) is 4.77. The molecular formula is C13H20N2S. The van der Waals surface area contributed by atoms with Crippen LogP contribution in [0.1, 0.15) is 32.3 Å². The molecule has 0 radical (unpaired) electrons. The second-order valence-electron chi connectivity index (χ2n) is 5.00. The highest BCUT2D eigenvalue weighted by atomic mass is 32.2. The molecule has 0 spiro atoms. The zero-order valence-electron chi connectivity index (χ0n) is 10.3. The van der Waals surface area contributed by atoms with Crippen molar-refractivity contribution in [2.24, 2.45) is 5.41 Å². The molecule has 1 aromatic rings. The summed E-state index contributed by atoms with van der Waals surface area (Å²) < 4.78 is 0. The predicted molar refractivity (Wildman–Crippen MR) is 71.9 cm³/mol. The van der Waals surface area contributed by atoms with Crippen molar-refractivity contribution in [1.82, 2.24) is 4.98 Å². The summed E-state index contributed by atoms with van der Waals surface area (Å²) >= 11 is 1.84. The third kappa shape index (κ3) is 2.70. The van der Waals surface area contributed by atoms with Crippen molar-refractivity contribution < 1.29 is 0 Å². The van der Waals surface area contributed by atoms with Gasteiger partial charge in [-0.2, -0.15) is 11.8 Å². The molecule has 1 atom stereocenters. The number of pyridine rings is 1. The minimum Gasteiger partial charge on any atom is -0.367 e. The van der Waals surface area contributed by atoms with E-state index in [0.29, 0.717) is 11.5 Å². The van der Waals surface area contributed by atoms with Crippen molar-refractivity contribution in [3.8, 4) is 0 Å². The summed E-state index contributed by atoms with van der Waals surface area (Å²) in [6.45, 7) is 4.60. The van der Waals surface area contributed by atoms with Gasteiger partial charge in [0.1, 0.15) is 5.82 Å². The minimum atomic E-state index is 0.497. The van der Waals surface area contributed by atoms with E-state index in [-0.39, 0.29) is 0 Å². The first kappa shape index (κ1) is 11.8. The van der Waals surface area contributed by atoms with Crippen LogP contribution in [0, 0.1) is 5.41 Å². The molecule has 0 aliphatic heterocycles. The van der Waals surface area contributed by atoms with Gasteiger partial charge in [-0.15, -0.1) is 0 Å². The van der Waals surface area contributed by atoms with E-state index < -0.39 is 0 Å². The number of nitrogens with zero attached hydrogens (tertiary/aromatic N) is 1. The van der Waals surface area contributed by atoms with E-state index in [1.54, 1.807) is 0 Å². The van der Waals surface area contributed by atoms with E-state index in [4.69, 9.17) is 0 Å². The van der Waals surface area contributed by atoms with Crippen molar-refractivity contribution in [2.45, 2.75) is 38.5 Å². The van der Waals surface area contributed by atoms with Gasteiger partial charge in [-0.25, -0.2) is 4.98 Å². The minimum absolute atomic E-state index is 0.497. The first-order chi connectivity index (χ1) is 7.64. The molecule has 3 heteroatoms. The van der Waals surface area contributed by atoms with Crippen LogP contribution in [0.5, 0.6) is 0 Å². The Kier molecular flexibility index (Phi) is 3.43. The average molecular weight is 236 g/mol. The summed E-state index contributed by atoms with van der Waals surface area (Å²) in [4.78, 5) is 4.38. The van der Waals surface area contributed by atoms with Crippen LogP contribution in [-0.2, 0) is 5.75 Å². The van der Waals surface area contributed by atoms with Gasteiger partial charge in [0.2, 0.25) is 0 Å². The first-order valence-electron chi connectivity index (χ1n) is 5.84. The van der Waals surface area contributed by atoms with Gasteiger partial charge in [0.25, 0.3) is 0 Å². The Morgan fingerprint density at radius 3 is 2.94 bits per heavy atom. The van der Waals surface area contributed by atoms with E-state index in [1.165, 1.54) is 18.4 Å². The number of aromatic nitrogens is 1. The maximum atomic E-state index is 4.38. The van der Waals surface area contributed by atoms with Crippen LogP contribution >= 0.6 is 11.8 Å². The SMILES string of the molecule is CSCc1ccnc(NC(C)C2(C)CC2)c1. The Morgan fingerprint density at radius 2 is 2.31 bits per heavy atom. The van der Waals surface area contributed by atoms with Gasteiger partial charge in [-0.1, -0.05) is 6.92 Å². The summed E-state index contributed by atoms with van der Waals surface area (Å²) in [7, 11) is 0. The van der Waals surface area contributed by atoms with Gasteiger partial charge >= 0.3 is 0 Å². The van der Waals surface area contributed by atoms with E-state index >= 15 is 0 Å². The van der Waals surface area contributed by atoms with E-state index in [9.17, 15) is 0 Å².